The van der Waals surface area contributed by atoms with Gasteiger partial charge in [-0.15, -0.1) is 0 Å². The van der Waals surface area contributed by atoms with Crippen LogP contribution in [0.2, 0.25) is 0 Å². The Balaban J connectivity index is 3.73. The Morgan fingerprint density at radius 2 is 1.69 bits per heavy atom. The highest BCUT2D eigenvalue weighted by Gasteiger charge is 2.23. The summed E-state index contributed by atoms with van der Waals surface area (Å²) in [4.78, 5) is 10.5. The summed E-state index contributed by atoms with van der Waals surface area (Å²) in [7, 11) is 1.62. The van der Waals surface area contributed by atoms with E-state index in [-0.39, 0.29) is 12.6 Å². The average molecular weight is 234 g/mol. The second-order valence-corrected chi connectivity index (χ2v) is 3.52. The molecule has 0 aromatic carbocycles. The Morgan fingerprint density at radius 3 is 2.12 bits per heavy atom. The summed E-state index contributed by atoms with van der Waals surface area (Å²) in [6, 6.07) is 0. The molecule has 0 fully saturated rings. The van der Waals surface area contributed by atoms with E-state index in [1.165, 1.54) is 6.92 Å². The highest BCUT2D eigenvalue weighted by molar-refractivity contribution is 5.65. The number of methoxy groups -OCH3 is 1. The molecule has 0 saturated heterocycles. The first-order valence-electron chi connectivity index (χ1n) is 5.44. The van der Waals surface area contributed by atoms with Crippen molar-refractivity contribution < 1.29 is 23.7 Å². The van der Waals surface area contributed by atoms with E-state index in [9.17, 15) is 4.79 Å². The molecule has 0 spiro atoms. The number of hydrogen-bond donors (Lipinski definition) is 0. The van der Waals surface area contributed by atoms with Crippen molar-refractivity contribution in [3.8, 4) is 0 Å². The van der Waals surface area contributed by atoms with Crippen LogP contribution in [0.1, 0.15) is 27.2 Å². The van der Waals surface area contributed by atoms with Crippen LogP contribution in [-0.4, -0.2) is 45.3 Å². The summed E-state index contributed by atoms with van der Waals surface area (Å²) < 4.78 is 20.7. The number of carbonyl (C=O) groups is 1. The Labute approximate surface area is 97.0 Å². The van der Waals surface area contributed by atoms with Gasteiger partial charge in [-0.2, -0.15) is 0 Å². The van der Waals surface area contributed by atoms with Crippen molar-refractivity contribution in [3.05, 3.63) is 0 Å². The van der Waals surface area contributed by atoms with Crippen molar-refractivity contribution >= 4 is 5.97 Å². The number of ether oxygens (including phenoxy) is 4. The van der Waals surface area contributed by atoms with Crippen LogP contribution < -0.4 is 0 Å². The smallest absolute Gasteiger partial charge is 0.302 e. The molecular formula is C11H22O5. The molecule has 0 aliphatic heterocycles. The summed E-state index contributed by atoms with van der Waals surface area (Å²) in [5, 5.41) is 0. The lowest BCUT2D eigenvalue weighted by Gasteiger charge is -2.28. The Kier molecular flexibility index (Phi) is 8.15. The molecule has 0 heterocycles. The fourth-order valence-corrected chi connectivity index (χ4v) is 1.03. The topological polar surface area (TPSA) is 54.0 Å². The minimum atomic E-state index is -0.640. The Hall–Kier alpha value is -0.650. The molecule has 0 saturated carbocycles. The number of rotatable bonds is 9. The predicted molar refractivity (Wildman–Crippen MR) is 59.1 cm³/mol. The number of hydrogen-bond acceptors (Lipinski definition) is 5. The molecule has 0 rings (SSSR count). The predicted octanol–water partition coefficient (Wildman–Crippen LogP) is 1.36. The summed E-state index contributed by atoms with van der Waals surface area (Å²) in [6.45, 7) is 6.79. The quantitative estimate of drug-likeness (QED) is 0.342. The van der Waals surface area contributed by atoms with Crippen molar-refractivity contribution in [3.63, 3.8) is 0 Å². The summed E-state index contributed by atoms with van der Waals surface area (Å²) >= 11 is 0. The molecule has 0 amide bonds. The standard InChI is InChI=1S/C11H22O5/c1-5-11(3,15-8-6-13-4)16-9-7-14-10(2)12/h5-9H2,1-4H3. The van der Waals surface area contributed by atoms with E-state index in [1.54, 1.807) is 7.11 Å². The van der Waals surface area contributed by atoms with Crippen LogP contribution in [-0.2, 0) is 23.7 Å². The third-order valence-electron chi connectivity index (χ3n) is 2.13. The molecule has 0 bridgehead atoms. The minimum Gasteiger partial charge on any atom is -0.463 e. The maximum Gasteiger partial charge on any atom is 0.302 e. The van der Waals surface area contributed by atoms with E-state index in [0.717, 1.165) is 6.42 Å². The van der Waals surface area contributed by atoms with Crippen LogP contribution in [0.4, 0.5) is 0 Å². The zero-order valence-corrected chi connectivity index (χ0v) is 10.6. The monoisotopic (exact) mass is 234 g/mol. The van der Waals surface area contributed by atoms with Crippen LogP contribution >= 0.6 is 0 Å². The van der Waals surface area contributed by atoms with E-state index in [1.807, 2.05) is 13.8 Å². The summed E-state index contributed by atoms with van der Waals surface area (Å²) in [5.41, 5.74) is 0. The van der Waals surface area contributed by atoms with Gasteiger partial charge < -0.3 is 18.9 Å². The third kappa shape index (κ3) is 7.62. The van der Waals surface area contributed by atoms with Crippen molar-refractivity contribution in [2.75, 3.05) is 33.5 Å². The van der Waals surface area contributed by atoms with Gasteiger partial charge in [0.05, 0.1) is 19.8 Å². The zero-order chi connectivity index (χ0) is 12.4. The van der Waals surface area contributed by atoms with E-state index < -0.39 is 5.79 Å². The molecule has 0 aliphatic carbocycles. The lowest BCUT2D eigenvalue weighted by molar-refractivity contribution is -0.235. The molecule has 0 aromatic rings. The maximum absolute atomic E-state index is 10.5. The maximum atomic E-state index is 10.5. The first-order valence-corrected chi connectivity index (χ1v) is 5.44. The van der Waals surface area contributed by atoms with Gasteiger partial charge in [-0.05, 0) is 13.3 Å². The zero-order valence-electron chi connectivity index (χ0n) is 10.6. The molecule has 1 atom stereocenters. The van der Waals surface area contributed by atoms with Gasteiger partial charge in [0.2, 0.25) is 0 Å². The Morgan fingerprint density at radius 1 is 1.12 bits per heavy atom. The van der Waals surface area contributed by atoms with Crippen molar-refractivity contribution in [1.29, 1.82) is 0 Å². The van der Waals surface area contributed by atoms with Crippen LogP contribution in [0.5, 0.6) is 0 Å². The van der Waals surface area contributed by atoms with Gasteiger partial charge >= 0.3 is 5.97 Å². The second-order valence-electron chi connectivity index (χ2n) is 3.52. The summed E-state index contributed by atoms with van der Waals surface area (Å²) in [5.74, 6) is -0.944. The highest BCUT2D eigenvalue weighted by Crippen LogP contribution is 2.16. The van der Waals surface area contributed by atoms with E-state index in [0.29, 0.717) is 19.8 Å². The lowest BCUT2D eigenvalue weighted by Crippen LogP contribution is -2.34. The van der Waals surface area contributed by atoms with Gasteiger partial charge in [0.25, 0.3) is 0 Å². The van der Waals surface area contributed by atoms with E-state index in [4.69, 9.17) is 18.9 Å². The molecule has 5 nitrogen and oxygen atoms in total. The largest absolute Gasteiger partial charge is 0.463 e. The normalized spacial score (nSPS) is 14.5. The molecule has 0 radical (unpaired) electrons. The molecule has 0 aliphatic rings. The average Bonchev–Trinajstić information content (AvgIpc) is 2.25. The van der Waals surface area contributed by atoms with Gasteiger partial charge in [0, 0.05) is 14.0 Å². The number of esters is 1. The van der Waals surface area contributed by atoms with Crippen molar-refractivity contribution in [2.24, 2.45) is 0 Å². The fraction of sp³-hybridized carbons (Fsp3) is 0.909. The van der Waals surface area contributed by atoms with Crippen molar-refractivity contribution in [1.82, 2.24) is 0 Å². The van der Waals surface area contributed by atoms with Crippen LogP contribution in [0.3, 0.4) is 0 Å². The van der Waals surface area contributed by atoms with Crippen LogP contribution in [0.25, 0.3) is 0 Å². The highest BCUT2D eigenvalue weighted by atomic mass is 16.7. The van der Waals surface area contributed by atoms with Gasteiger partial charge in [0.1, 0.15) is 6.61 Å². The third-order valence-corrected chi connectivity index (χ3v) is 2.13. The van der Waals surface area contributed by atoms with Gasteiger partial charge in [-0.1, -0.05) is 6.92 Å². The fourth-order valence-electron chi connectivity index (χ4n) is 1.03. The van der Waals surface area contributed by atoms with Crippen molar-refractivity contribution in [2.45, 2.75) is 33.0 Å². The number of carbonyl (C=O) groups excluding carboxylic acids is 1. The Bertz CT molecular complexity index is 195. The minimum absolute atomic E-state index is 0.249. The molecule has 16 heavy (non-hydrogen) atoms. The van der Waals surface area contributed by atoms with Crippen LogP contribution in [0.15, 0.2) is 0 Å². The molecule has 5 heteroatoms. The van der Waals surface area contributed by atoms with E-state index >= 15 is 0 Å². The molecule has 0 N–H and O–H groups in total. The first kappa shape index (κ1) is 15.3. The van der Waals surface area contributed by atoms with E-state index in [2.05, 4.69) is 0 Å². The molecule has 1 unspecified atom stereocenters. The second kappa shape index (κ2) is 8.50. The van der Waals surface area contributed by atoms with Gasteiger partial charge in [-0.25, -0.2) is 0 Å². The molecular weight excluding hydrogens is 212 g/mol. The van der Waals surface area contributed by atoms with Crippen LogP contribution in [0, 0.1) is 0 Å². The molecule has 0 aromatic heterocycles. The SMILES string of the molecule is CCC(C)(OCCOC)OCCOC(C)=O. The first-order chi connectivity index (χ1) is 7.54. The summed E-state index contributed by atoms with van der Waals surface area (Å²) in [6.07, 6.45) is 0.719. The lowest BCUT2D eigenvalue weighted by atomic mass is 10.2. The van der Waals surface area contributed by atoms with Gasteiger partial charge in [-0.3, -0.25) is 4.79 Å². The van der Waals surface area contributed by atoms with Gasteiger partial charge in [0.15, 0.2) is 5.79 Å². The molecule has 96 valence electrons.